The van der Waals surface area contributed by atoms with E-state index in [0.29, 0.717) is 32.2 Å². The molecule has 1 fully saturated rings. The van der Waals surface area contributed by atoms with Crippen LogP contribution in [0.25, 0.3) is 0 Å². The number of carbonyl (C=O) groups excluding carboxylic acids is 2. The standard InChI is InChI=1S/C11H21N3O3/c1-17-8-7-12-10(15)5-6-13-11(16)14-9-3-2-4-9/h9H,2-8H2,1H3,(H,12,15)(H2,13,14,16). The molecular weight excluding hydrogens is 222 g/mol. The highest BCUT2D eigenvalue weighted by Gasteiger charge is 2.18. The van der Waals surface area contributed by atoms with Gasteiger partial charge in [-0.15, -0.1) is 0 Å². The number of ether oxygens (including phenoxy) is 1. The fourth-order valence-electron chi connectivity index (χ4n) is 1.46. The fourth-order valence-corrected chi connectivity index (χ4v) is 1.46. The first-order chi connectivity index (χ1) is 8.22. The maximum atomic E-state index is 11.3. The van der Waals surface area contributed by atoms with Gasteiger partial charge in [-0.3, -0.25) is 4.79 Å². The van der Waals surface area contributed by atoms with Crippen molar-refractivity contribution in [1.82, 2.24) is 16.0 Å². The number of rotatable bonds is 7. The third-order valence-electron chi connectivity index (χ3n) is 2.71. The number of hydrogen-bond donors (Lipinski definition) is 3. The Morgan fingerprint density at radius 1 is 1.24 bits per heavy atom. The van der Waals surface area contributed by atoms with Crippen LogP contribution in [0, 0.1) is 0 Å². The lowest BCUT2D eigenvalue weighted by Crippen LogP contribution is -2.45. The van der Waals surface area contributed by atoms with E-state index in [1.54, 1.807) is 7.11 Å². The highest BCUT2D eigenvalue weighted by molar-refractivity contribution is 5.78. The van der Waals surface area contributed by atoms with E-state index in [1.165, 1.54) is 6.42 Å². The molecule has 6 heteroatoms. The van der Waals surface area contributed by atoms with Crippen molar-refractivity contribution in [1.29, 1.82) is 0 Å². The smallest absolute Gasteiger partial charge is 0.315 e. The van der Waals surface area contributed by atoms with Gasteiger partial charge in [-0.1, -0.05) is 0 Å². The summed E-state index contributed by atoms with van der Waals surface area (Å²) in [6, 6.07) is 0.143. The van der Waals surface area contributed by atoms with Crippen LogP contribution >= 0.6 is 0 Å². The Bertz CT molecular complexity index is 254. The average molecular weight is 243 g/mol. The molecular formula is C11H21N3O3. The van der Waals surface area contributed by atoms with Gasteiger partial charge in [0, 0.05) is 32.7 Å². The van der Waals surface area contributed by atoms with E-state index in [1.807, 2.05) is 0 Å². The van der Waals surface area contributed by atoms with Gasteiger partial charge in [0.15, 0.2) is 0 Å². The second-order valence-corrected chi connectivity index (χ2v) is 4.12. The fraction of sp³-hybridized carbons (Fsp3) is 0.818. The minimum absolute atomic E-state index is 0.0778. The van der Waals surface area contributed by atoms with Gasteiger partial charge in [0.05, 0.1) is 6.61 Å². The van der Waals surface area contributed by atoms with Crippen molar-refractivity contribution in [3.05, 3.63) is 0 Å². The quantitative estimate of drug-likeness (QED) is 0.550. The molecule has 0 spiro atoms. The molecule has 1 rings (SSSR count). The lowest BCUT2D eigenvalue weighted by atomic mass is 9.93. The Hall–Kier alpha value is -1.30. The first kappa shape index (κ1) is 13.8. The van der Waals surface area contributed by atoms with Crippen molar-refractivity contribution in [3.8, 4) is 0 Å². The van der Waals surface area contributed by atoms with Crippen LogP contribution < -0.4 is 16.0 Å². The maximum absolute atomic E-state index is 11.3. The summed E-state index contributed by atoms with van der Waals surface area (Å²) in [5, 5.41) is 8.19. The topological polar surface area (TPSA) is 79.5 Å². The lowest BCUT2D eigenvalue weighted by molar-refractivity contribution is -0.121. The summed E-state index contributed by atoms with van der Waals surface area (Å²) in [4.78, 5) is 22.6. The summed E-state index contributed by atoms with van der Waals surface area (Å²) in [6.07, 6.45) is 3.60. The molecule has 17 heavy (non-hydrogen) atoms. The third-order valence-corrected chi connectivity index (χ3v) is 2.71. The van der Waals surface area contributed by atoms with Crippen molar-refractivity contribution >= 4 is 11.9 Å². The van der Waals surface area contributed by atoms with E-state index < -0.39 is 0 Å². The lowest BCUT2D eigenvalue weighted by Gasteiger charge is -2.26. The van der Waals surface area contributed by atoms with Crippen LogP contribution in [0.2, 0.25) is 0 Å². The molecule has 3 N–H and O–H groups in total. The predicted molar refractivity (Wildman–Crippen MR) is 63.7 cm³/mol. The van der Waals surface area contributed by atoms with Gasteiger partial charge in [0.2, 0.25) is 5.91 Å². The van der Waals surface area contributed by atoms with Gasteiger partial charge in [-0.05, 0) is 19.3 Å². The molecule has 0 aromatic rings. The minimum atomic E-state index is -0.181. The van der Waals surface area contributed by atoms with Gasteiger partial charge < -0.3 is 20.7 Å². The molecule has 0 aliphatic heterocycles. The molecule has 1 saturated carbocycles. The SMILES string of the molecule is COCCNC(=O)CCNC(=O)NC1CCC1. The van der Waals surface area contributed by atoms with Crippen LogP contribution in [-0.4, -0.2) is 44.8 Å². The molecule has 98 valence electrons. The van der Waals surface area contributed by atoms with Gasteiger partial charge in [0.25, 0.3) is 0 Å². The largest absolute Gasteiger partial charge is 0.383 e. The Labute approximate surface area is 101 Å². The first-order valence-corrected chi connectivity index (χ1v) is 6.02. The van der Waals surface area contributed by atoms with E-state index in [9.17, 15) is 9.59 Å². The van der Waals surface area contributed by atoms with Crippen molar-refractivity contribution in [2.75, 3.05) is 26.8 Å². The summed E-state index contributed by atoms with van der Waals surface area (Å²) in [5.74, 6) is -0.0778. The number of amides is 3. The van der Waals surface area contributed by atoms with Crippen molar-refractivity contribution in [2.24, 2.45) is 0 Å². The van der Waals surface area contributed by atoms with E-state index in [0.717, 1.165) is 12.8 Å². The number of carbonyl (C=O) groups is 2. The highest BCUT2D eigenvalue weighted by Crippen LogP contribution is 2.17. The van der Waals surface area contributed by atoms with Crippen molar-refractivity contribution < 1.29 is 14.3 Å². The predicted octanol–water partition coefficient (Wildman–Crippen LogP) is -0.00920. The average Bonchev–Trinajstić information content (AvgIpc) is 2.24. The van der Waals surface area contributed by atoms with Gasteiger partial charge in [-0.2, -0.15) is 0 Å². The summed E-state index contributed by atoms with van der Waals surface area (Å²) >= 11 is 0. The zero-order valence-electron chi connectivity index (χ0n) is 10.3. The maximum Gasteiger partial charge on any atom is 0.315 e. The van der Waals surface area contributed by atoms with E-state index in [4.69, 9.17) is 4.74 Å². The minimum Gasteiger partial charge on any atom is -0.383 e. The zero-order chi connectivity index (χ0) is 12.5. The Morgan fingerprint density at radius 3 is 2.59 bits per heavy atom. The van der Waals surface area contributed by atoms with Crippen LogP contribution in [0.3, 0.4) is 0 Å². The normalized spacial score (nSPS) is 14.9. The Morgan fingerprint density at radius 2 is 2.00 bits per heavy atom. The van der Waals surface area contributed by atoms with Gasteiger partial charge in [-0.25, -0.2) is 4.79 Å². The highest BCUT2D eigenvalue weighted by atomic mass is 16.5. The Balaban J connectivity index is 1.94. The molecule has 6 nitrogen and oxygen atoms in total. The van der Waals surface area contributed by atoms with Crippen LogP contribution in [0.5, 0.6) is 0 Å². The van der Waals surface area contributed by atoms with Crippen molar-refractivity contribution in [2.45, 2.75) is 31.7 Å². The van der Waals surface area contributed by atoms with Gasteiger partial charge >= 0.3 is 6.03 Å². The Kier molecular flexibility index (Phi) is 6.39. The molecule has 0 unspecified atom stereocenters. The van der Waals surface area contributed by atoms with E-state index in [-0.39, 0.29) is 11.9 Å². The molecule has 3 amide bonds. The molecule has 0 heterocycles. The molecule has 0 bridgehead atoms. The van der Waals surface area contributed by atoms with Crippen LogP contribution in [0.15, 0.2) is 0 Å². The van der Waals surface area contributed by atoms with E-state index >= 15 is 0 Å². The third kappa shape index (κ3) is 6.11. The molecule has 0 atom stereocenters. The number of urea groups is 1. The first-order valence-electron chi connectivity index (χ1n) is 6.02. The second kappa shape index (κ2) is 7.89. The molecule has 0 radical (unpaired) electrons. The number of nitrogens with one attached hydrogen (secondary N) is 3. The number of methoxy groups -OCH3 is 1. The monoisotopic (exact) mass is 243 g/mol. The molecule has 0 aromatic heterocycles. The summed E-state index contributed by atoms with van der Waals surface area (Å²) in [5.41, 5.74) is 0. The van der Waals surface area contributed by atoms with Crippen molar-refractivity contribution in [3.63, 3.8) is 0 Å². The van der Waals surface area contributed by atoms with Crippen LogP contribution in [0.4, 0.5) is 4.79 Å². The molecule has 0 aromatic carbocycles. The zero-order valence-corrected chi connectivity index (χ0v) is 10.3. The molecule has 0 saturated heterocycles. The second-order valence-electron chi connectivity index (χ2n) is 4.12. The summed E-state index contributed by atoms with van der Waals surface area (Å²) < 4.78 is 4.80. The summed E-state index contributed by atoms with van der Waals surface area (Å²) in [6.45, 7) is 1.36. The summed E-state index contributed by atoms with van der Waals surface area (Å²) in [7, 11) is 1.58. The van der Waals surface area contributed by atoms with Gasteiger partial charge in [0.1, 0.15) is 0 Å². The molecule has 1 aliphatic carbocycles. The van der Waals surface area contributed by atoms with E-state index in [2.05, 4.69) is 16.0 Å². The van der Waals surface area contributed by atoms with Crippen LogP contribution in [-0.2, 0) is 9.53 Å². The number of hydrogen-bond acceptors (Lipinski definition) is 3. The van der Waals surface area contributed by atoms with Crippen LogP contribution in [0.1, 0.15) is 25.7 Å². The molecule has 1 aliphatic rings.